The van der Waals surface area contributed by atoms with Crippen molar-refractivity contribution < 1.29 is 4.79 Å². The summed E-state index contributed by atoms with van der Waals surface area (Å²) in [5.41, 5.74) is 0. The molecule has 0 aromatic carbocycles. The van der Waals surface area contributed by atoms with Gasteiger partial charge in [0.05, 0.1) is 0 Å². The number of nitrogens with one attached hydrogen (secondary N) is 1. The molecule has 160 valence electrons. The Bertz CT molecular complexity index is 507. The minimum absolute atomic E-state index is 0.130. The van der Waals surface area contributed by atoms with Crippen LogP contribution in [0.5, 0.6) is 0 Å². The van der Waals surface area contributed by atoms with Gasteiger partial charge in [0.25, 0.3) is 0 Å². The van der Waals surface area contributed by atoms with Gasteiger partial charge in [0.1, 0.15) is 16.5 Å². The van der Waals surface area contributed by atoms with Crippen molar-refractivity contribution in [2.45, 2.75) is 42.7 Å². The molecule has 1 N–H and O–H groups in total. The minimum Gasteiger partial charge on any atom is -0.353 e. The lowest BCUT2D eigenvalue weighted by Gasteiger charge is -2.52. The lowest BCUT2D eigenvalue weighted by atomic mass is 10.4. The SMILES string of the molecule is C=CC[Si](CC=C)(CC=C)N(CCCNC(=O)C=C)[Si](CC=C)(CC=C)CC=C. The summed E-state index contributed by atoms with van der Waals surface area (Å²) < 4.78 is 2.83. The maximum atomic E-state index is 11.6. The average molecular weight is 429 g/mol. The van der Waals surface area contributed by atoms with Gasteiger partial charge in [-0.05, 0) is 55.3 Å². The van der Waals surface area contributed by atoms with Crippen LogP contribution in [0.15, 0.2) is 88.6 Å². The first-order chi connectivity index (χ1) is 14.0. The van der Waals surface area contributed by atoms with Gasteiger partial charge >= 0.3 is 0 Å². The Hall–Kier alpha value is -1.96. The van der Waals surface area contributed by atoms with Crippen LogP contribution in [0.3, 0.4) is 0 Å². The van der Waals surface area contributed by atoms with Gasteiger partial charge in [0.15, 0.2) is 0 Å². The fourth-order valence-electron chi connectivity index (χ4n) is 4.27. The zero-order valence-corrected chi connectivity index (χ0v) is 20.2. The second kappa shape index (κ2) is 15.0. The lowest BCUT2D eigenvalue weighted by molar-refractivity contribution is -0.116. The average Bonchev–Trinajstić information content (AvgIpc) is 2.68. The van der Waals surface area contributed by atoms with Crippen molar-refractivity contribution >= 4 is 22.4 Å². The number of hydrogen-bond donors (Lipinski definition) is 1. The molecule has 0 saturated carbocycles. The standard InChI is InChI=1S/C24H40N2OSi2/c1-8-18-28(19-9-2,20-10-3)26(17-15-16-25-24(27)14-7)29(21-11-4,22-12-5)23-13-6/h8-14H,1-7,15-23H2,(H,25,27). The number of carbonyl (C=O) groups excluding carboxylic acids is 1. The predicted molar refractivity (Wildman–Crippen MR) is 136 cm³/mol. The summed E-state index contributed by atoms with van der Waals surface area (Å²) in [5.74, 6) is -0.130. The molecule has 0 aromatic heterocycles. The number of carbonyl (C=O) groups is 1. The molecule has 0 spiro atoms. The van der Waals surface area contributed by atoms with Crippen molar-refractivity contribution in [2.24, 2.45) is 0 Å². The van der Waals surface area contributed by atoms with E-state index in [1.165, 1.54) is 6.08 Å². The van der Waals surface area contributed by atoms with Crippen LogP contribution in [0.2, 0.25) is 36.3 Å². The van der Waals surface area contributed by atoms with Crippen molar-refractivity contribution in [1.82, 2.24) is 9.55 Å². The van der Waals surface area contributed by atoms with E-state index in [9.17, 15) is 4.79 Å². The minimum atomic E-state index is -1.99. The van der Waals surface area contributed by atoms with E-state index in [1.807, 2.05) is 0 Å². The summed E-state index contributed by atoms with van der Waals surface area (Å²) >= 11 is 0. The number of nitrogens with zero attached hydrogens (tertiary/aromatic N) is 1. The molecule has 0 bridgehead atoms. The van der Waals surface area contributed by atoms with Gasteiger partial charge in [-0.25, -0.2) is 0 Å². The second-order valence-electron chi connectivity index (χ2n) is 7.41. The summed E-state index contributed by atoms with van der Waals surface area (Å²) in [7, 11) is -3.99. The Balaban J connectivity index is 6.24. The topological polar surface area (TPSA) is 32.3 Å². The third kappa shape index (κ3) is 8.13. The summed E-state index contributed by atoms with van der Waals surface area (Å²) in [6, 6.07) is 5.86. The van der Waals surface area contributed by atoms with E-state index in [0.717, 1.165) is 49.2 Å². The van der Waals surface area contributed by atoms with Crippen LogP contribution < -0.4 is 5.32 Å². The molecule has 0 fully saturated rings. The summed E-state index contributed by atoms with van der Waals surface area (Å²) in [6.45, 7) is 29.5. The van der Waals surface area contributed by atoms with E-state index in [4.69, 9.17) is 0 Å². The van der Waals surface area contributed by atoms with Crippen LogP contribution in [-0.4, -0.2) is 39.7 Å². The molecule has 0 radical (unpaired) electrons. The van der Waals surface area contributed by atoms with Gasteiger partial charge < -0.3 is 9.55 Å². The number of hydrogen-bond acceptors (Lipinski definition) is 2. The van der Waals surface area contributed by atoms with E-state index in [0.29, 0.717) is 6.54 Å². The normalized spacial score (nSPS) is 11.3. The summed E-state index contributed by atoms with van der Waals surface area (Å²) in [4.78, 5) is 11.6. The molecule has 0 unspecified atom stereocenters. The molecule has 29 heavy (non-hydrogen) atoms. The van der Waals surface area contributed by atoms with Crippen molar-refractivity contribution in [1.29, 1.82) is 0 Å². The quantitative estimate of drug-likeness (QED) is 0.119. The highest BCUT2D eigenvalue weighted by atomic mass is 28.4. The van der Waals surface area contributed by atoms with Gasteiger partial charge in [0.2, 0.25) is 5.91 Å². The van der Waals surface area contributed by atoms with Crippen LogP contribution in [0.4, 0.5) is 0 Å². The molecule has 0 atom stereocenters. The van der Waals surface area contributed by atoms with E-state index in [2.05, 4.69) is 92.1 Å². The first-order valence-corrected chi connectivity index (χ1v) is 15.4. The smallest absolute Gasteiger partial charge is 0.243 e. The van der Waals surface area contributed by atoms with Gasteiger partial charge in [0, 0.05) is 6.54 Å². The molecular formula is C24H40N2OSi2. The Morgan fingerprint density at radius 1 is 0.690 bits per heavy atom. The van der Waals surface area contributed by atoms with Crippen molar-refractivity contribution in [2.75, 3.05) is 13.1 Å². The summed E-state index contributed by atoms with van der Waals surface area (Å²) in [6.07, 6.45) is 14.5. The molecule has 0 aliphatic carbocycles. The molecular weight excluding hydrogens is 388 g/mol. The van der Waals surface area contributed by atoms with E-state index >= 15 is 0 Å². The zero-order valence-electron chi connectivity index (χ0n) is 18.2. The molecule has 0 heterocycles. The third-order valence-corrected chi connectivity index (χ3v) is 17.2. The maximum Gasteiger partial charge on any atom is 0.243 e. The van der Waals surface area contributed by atoms with E-state index in [1.54, 1.807) is 0 Å². The molecule has 0 rings (SSSR count). The maximum absolute atomic E-state index is 11.6. The molecule has 0 aromatic rings. The van der Waals surface area contributed by atoms with Crippen LogP contribution in [0.1, 0.15) is 6.42 Å². The fraction of sp³-hybridized carbons (Fsp3) is 0.375. The van der Waals surface area contributed by atoms with Crippen LogP contribution in [0.25, 0.3) is 0 Å². The van der Waals surface area contributed by atoms with Gasteiger partial charge in [-0.2, -0.15) is 0 Å². The van der Waals surface area contributed by atoms with Gasteiger partial charge in [-0.3, -0.25) is 4.79 Å². The van der Waals surface area contributed by atoms with E-state index < -0.39 is 16.5 Å². The Morgan fingerprint density at radius 2 is 1.03 bits per heavy atom. The molecule has 3 nitrogen and oxygen atoms in total. The number of allylic oxidation sites excluding steroid dienone is 6. The fourth-order valence-corrected chi connectivity index (χ4v) is 16.8. The van der Waals surface area contributed by atoms with Crippen molar-refractivity contribution in [3.05, 3.63) is 88.6 Å². The Morgan fingerprint density at radius 3 is 1.31 bits per heavy atom. The Labute approximate surface area is 181 Å². The highest BCUT2D eigenvalue weighted by Crippen LogP contribution is 2.38. The van der Waals surface area contributed by atoms with Crippen LogP contribution in [-0.2, 0) is 4.79 Å². The highest BCUT2D eigenvalue weighted by molar-refractivity contribution is 6.94. The van der Waals surface area contributed by atoms with Crippen molar-refractivity contribution in [3.63, 3.8) is 0 Å². The molecule has 0 aliphatic heterocycles. The molecule has 5 heteroatoms. The first kappa shape index (κ1) is 27.0. The number of amides is 1. The highest BCUT2D eigenvalue weighted by Gasteiger charge is 2.47. The molecule has 1 amide bonds. The summed E-state index contributed by atoms with van der Waals surface area (Å²) in [5, 5.41) is 2.91. The van der Waals surface area contributed by atoms with Crippen molar-refractivity contribution in [3.8, 4) is 0 Å². The molecule has 0 saturated heterocycles. The van der Waals surface area contributed by atoms with Gasteiger partial charge in [-0.15, -0.1) is 39.5 Å². The van der Waals surface area contributed by atoms with Crippen LogP contribution >= 0.6 is 0 Å². The second-order valence-corrected chi connectivity index (χ2v) is 16.3. The lowest BCUT2D eigenvalue weighted by Crippen LogP contribution is -2.66. The van der Waals surface area contributed by atoms with E-state index in [-0.39, 0.29) is 5.91 Å². The zero-order chi connectivity index (χ0) is 22.2. The Kier molecular flexibility index (Phi) is 14.0. The number of rotatable bonds is 19. The largest absolute Gasteiger partial charge is 0.353 e. The first-order valence-electron chi connectivity index (χ1n) is 10.3. The third-order valence-electron chi connectivity index (χ3n) is 5.33. The monoisotopic (exact) mass is 428 g/mol. The molecule has 0 aliphatic rings. The van der Waals surface area contributed by atoms with Crippen LogP contribution in [0, 0.1) is 0 Å². The predicted octanol–water partition coefficient (Wildman–Crippen LogP) is 5.99. The van der Waals surface area contributed by atoms with Gasteiger partial charge in [-0.1, -0.05) is 43.0 Å².